The summed E-state index contributed by atoms with van der Waals surface area (Å²) in [6.07, 6.45) is 6.13. The molecule has 6 nitrogen and oxygen atoms in total. The van der Waals surface area contributed by atoms with Crippen LogP contribution in [0.1, 0.15) is 50.5 Å². The minimum Gasteiger partial charge on any atom is -0.495 e. The summed E-state index contributed by atoms with van der Waals surface area (Å²) in [6, 6.07) is 11.5. The minimum absolute atomic E-state index is 0.0617. The van der Waals surface area contributed by atoms with Gasteiger partial charge in [0, 0.05) is 6.92 Å². The lowest BCUT2D eigenvalue weighted by Gasteiger charge is -2.22. The third kappa shape index (κ3) is 4.84. The number of hydrogen-bond donors (Lipinski definition) is 1. The summed E-state index contributed by atoms with van der Waals surface area (Å²) in [6.45, 7) is 1.34. The molecule has 1 N–H and O–H groups in total. The van der Waals surface area contributed by atoms with Crippen LogP contribution in [-0.4, -0.2) is 21.4 Å². The quantitative estimate of drug-likeness (QED) is 0.720. The molecule has 1 saturated carbocycles. The van der Waals surface area contributed by atoms with Crippen LogP contribution in [0, 0.1) is 0 Å². The number of methoxy groups -OCH3 is 1. The van der Waals surface area contributed by atoms with Crippen molar-refractivity contribution in [1.82, 2.24) is 0 Å². The summed E-state index contributed by atoms with van der Waals surface area (Å²) in [5.41, 5.74) is 1.49. The van der Waals surface area contributed by atoms with Gasteiger partial charge < -0.3 is 14.2 Å². The maximum absolute atomic E-state index is 12.7. The summed E-state index contributed by atoms with van der Waals surface area (Å²) in [5.74, 6) is 0.843. The number of nitrogens with one attached hydrogen (secondary N) is 1. The van der Waals surface area contributed by atoms with Crippen LogP contribution in [0.2, 0.25) is 0 Å². The lowest BCUT2D eigenvalue weighted by molar-refractivity contribution is -0.114. The maximum atomic E-state index is 12.7. The second-order valence-electron chi connectivity index (χ2n) is 6.98. The molecule has 3 rings (SSSR count). The van der Waals surface area contributed by atoms with Crippen molar-refractivity contribution in [2.45, 2.75) is 49.8 Å². The predicted molar refractivity (Wildman–Crippen MR) is 107 cm³/mol. The van der Waals surface area contributed by atoms with Gasteiger partial charge in [0.1, 0.15) is 16.4 Å². The van der Waals surface area contributed by atoms with E-state index in [1.54, 1.807) is 12.1 Å². The molecule has 0 atom stereocenters. The van der Waals surface area contributed by atoms with Crippen molar-refractivity contribution in [1.29, 1.82) is 0 Å². The number of hydrogen-bond acceptors (Lipinski definition) is 5. The molecular formula is C21H25NO5S. The lowest BCUT2D eigenvalue weighted by Crippen LogP contribution is -2.12. The minimum atomic E-state index is -4.04. The van der Waals surface area contributed by atoms with Crippen molar-refractivity contribution in [2.75, 3.05) is 12.4 Å². The number of anilines is 1. The van der Waals surface area contributed by atoms with Gasteiger partial charge in [-0.15, -0.1) is 0 Å². The van der Waals surface area contributed by atoms with E-state index in [-0.39, 0.29) is 22.2 Å². The average molecular weight is 404 g/mol. The number of ether oxygens (including phenoxy) is 1. The zero-order valence-electron chi connectivity index (χ0n) is 16.1. The van der Waals surface area contributed by atoms with E-state index >= 15 is 0 Å². The summed E-state index contributed by atoms with van der Waals surface area (Å²) in [4.78, 5) is 11.3. The van der Waals surface area contributed by atoms with Crippen LogP contribution in [0.4, 0.5) is 5.69 Å². The molecule has 1 amide bonds. The molecule has 0 aliphatic heterocycles. The molecule has 0 saturated heterocycles. The van der Waals surface area contributed by atoms with Crippen LogP contribution >= 0.6 is 0 Å². The largest absolute Gasteiger partial charge is 0.495 e. The molecule has 1 fully saturated rings. The molecule has 0 heterocycles. The van der Waals surface area contributed by atoms with Crippen molar-refractivity contribution in [2.24, 2.45) is 0 Å². The van der Waals surface area contributed by atoms with Crippen LogP contribution in [0.3, 0.4) is 0 Å². The molecule has 0 spiro atoms. The third-order valence-corrected chi connectivity index (χ3v) is 6.18. The fourth-order valence-electron chi connectivity index (χ4n) is 3.54. The van der Waals surface area contributed by atoms with E-state index in [0.29, 0.717) is 11.7 Å². The van der Waals surface area contributed by atoms with E-state index in [1.165, 1.54) is 69.9 Å². The van der Waals surface area contributed by atoms with Crippen LogP contribution in [0.15, 0.2) is 47.4 Å². The zero-order valence-corrected chi connectivity index (χ0v) is 16.9. The molecule has 150 valence electrons. The predicted octanol–water partition coefficient (Wildman–Crippen LogP) is 4.47. The second kappa shape index (κ2) is 8.65. The van der Waals surface area contributed by atoms with E-state index in [1.807, 2.05) is 12.1 Å². The van der Waals surface area contributed by atoms with E-state index in [0.717, 1.165) is 0 Å². The summed E-state index contributed by atoms with van der Waals surface area (Å²) < 4.78 is 35.7. The SMILES string of the molecule is COc1ccc(S(=O)(=O)Oc2ccc(C3CCCCC3)cc2)cc1NC(C)=O. The Balaban J connectivity index is 1.78. The Morgan fingerprint density at radius 3 is 2.32 bits per heavy atom. The van der Waals surface area contributed by atoms with Gasteiger partial charge in [0.05, 0.1) is 12.8 Å². The first kappa shape index (κ1) is 20.2. The van der Waals surface area contributed by atoms with Gasteiger partial charge >= 0.3 is 10.1 Å². The highest BCUT2D eigenvalue weighted by Gasteiger charge is 2.20. The van der Waals surface area contributed by atoms with E-state index in [9.17, 15) is 13.2 Å². The number of rotatable bonds is 6. The molecular weight excluding hydrogens is 378 g/mol. The zero-order chi connectivity index (χ0) is 20.1. The molecule has 28 heavy (non-hydrogen) atoms. The van der Waals surface area contributed by atoms with Crippen LogP contribution < -0.4 is 14.2 Å². The molecule has 0 aromatic heterocycles. The van der Waals surface area contributed by atoms with E-state index < -0.39 is 10.1 Å². The Kier molecular flexibility index (Phi) is 6.24. The Hall–Kier alpha value is -2.54. The molecule has 0 unspecified atom stereocenters. The molecule has 7 heteroatoms. The van der Waals surface area contributed by atoms with Crippen LogP contribution in [0.25, 0.3) is 0 Å². The number of carbonyl (C=O) groups excluding carboxylic acids is 1. The first-order valence-electron chi connectivity index (χ1n) is 9.39. The van der Waals surface area contributed by atoms with Crippen molar-refractivity contribution in [3.8, 4) is 11.5 Å². The summed E-state index contributed by atoms with van der Waals surface area (Å²) >= 11 is 0. The van der Waals surface area contributed by atoms with Gasteiger partial charge in [-0.25, -0.2) is 0 Å². The highest BCUT2D eigenvalue weighted by atomic mass is 32.2. The van der Waals surface area contributed by atoms with Crippen molar-refractivity contribution in [3.63, 3.8) is 0 Å². The summed E-state index contributed by atoms with van der Waals surface area (Å²) in [7, 11) is -2.60. The standard InChI is InChI=1S/C21H25NO5S/c1-15(23)22-20-14-19(12-13-21(20)26-2)28(24,25)27-18-10-8-17(9-11-18)16-6-4-3-5-7-16/h8-14,16H,3-7H2,1-2H3,(H,22,23). The monoisotopic (exact) mass is 403 g/mol. The molecule has 1 aliphatic carbocycles. The number of carbonyl (C=O) groups is 1. The number of amides is 1. The molecule has 0 radical (unpaired) electrons. The number of benzene rings is 2. The van der Waals surface area contributed by atoms with Gasteiger partial charge in [-0.05, 0) is 54.7 Å². The van der Waals surface area contributed by atoms with Gasteiger partial charge in [-0.3, -0.25) is 4.79 Å². The second-order valence-corrected chi connectivity index (χ2v) is 8.53. The molecule has 0 bridgehead atoms. The normalized spacial score (nSPS) is 15.1. The fourth-order valence-corrected chi connectivity index (χ4v) is 4.49. The van der Waals surface area contributed by atoms with Crippen molar-refractivity contribution < 1.29 is 22.1 Å². The van der Waals surface area contributed by atoms with E-state index in [2.05, 4.69) is 5.32 Å². The van der Waals surface area contributed by atoms with Crippen LogP contribution in [0.5, 0.6) is 11.5 Å². The molecule has 2 aromatic rings. The maximum Gasteiger partial charge on any atom is 0.339 e. The fraction of sp³-hybridized carbons (Fsp3) is 0.381. The third-order valence-electron chi connectivity index (χ3n) is 4.93. The average Bonchev–Trinajstić information content (AvgIpc) is 2.68. The Labute approximate surface area is 166 Å². The lowest BCUT2D eigenvalue weighted by atomic mass is 9.84. The van der Waals surface area contributed by atoms with Gasteiger partial charge in [0.25, 0.3) is 0 Å². The first-order valence-corrected chi connectivity index (χ1v) is 10.8. The van der Waals surface area contributed by atoms with Crippen molar-refractivity contribution in [3.05, 3.63) is 48.0 Å². The molecule has 2 aromatic carbocycles. The highest BCUT2D eigenvalue weighted by Crippen LogP contribution is 2.34. The van der Waals surface area contributed by atoms with E-state index in [4.69, 9.17) is 8.92 Å². The topological polar surface area (TPSA) is 81.7 Å². The van der Waals surface area contributed by atoms with Gasteiger partial charge in [0.2, 0.25) is 5.91 Å². The Morgan fingerprint density at radius 2 is 1.71 bits per heavy atom. The van der Waals surface area contributed by atoms with Gasteiger partial charge in [-0.1, -0.05) is 31.4 Å². The summed E-state index contributed by atoms with van der Waals surface area (Å²) in [5, 5.41) is 2.56. The highest BCUT2D eigenvalue weighted by molar-refractivity contribution is 7.87. The smallest absolute Gasteiger partial charge is 0.339 e. The first-order chi connectivity index (χ1) is 13.4. The van der Waals surface area contributed by atoms with Crippen molar-refractivity contribution >= 4 is 21.7 Å². The Bertz CT molecular complexity index is 932. The Morgan fingerprint density at radius 1 is 1.04 bits per heavy atom. The molecule has 1 aliphatic rings. The van der Waals surface area contributed by atoms with Gasteiger partial charge in [0.15, 0.2) is 0 Å². The van der Waals surface area contributed by atoms with Gasteiger partial charge in [-0.2, -0.15) is 8.42 Å². The van der Waals surface area contributed by atoms with Crippen LogP contribution in [-0.2, 0) is 14.9 Å².